The molecule has 0 amide bonds. The number of benzene rings is 1. The second-order valence-electron chi connectivity index (χ2n) is 7.00. The fraction of sp³-hybridized carbons (Fsp3) is 0.333. The van der Waals surface area contributed by atoms with Gasteiger partial charge in [-0.15, -0.1) is 0 Å². The Balaban J connectivity index is 1.61. The molecule has 1 aromatic carbocycles. The lowest BCUT2D eigenvalue weighted by Crippen LogP contribution is -2.37. The number of nitriles is 1. The molecule has 3 heterocycles. The van der Waals surface area contributed by atoms with Crippen LogP contribution >= 0.6 is 0 Å². The average Bonchev–Trinajstić information content (AvgIpc) is 3.19. The Kier molecular flexibility index (Phi) is 4.95. The first-order valence-corrected chi connectivity index (χ1v) is 9.22. The summed E-state index contributed by atoms with van der Waals surface area (Å²) in [6.45, 7) is 3.97. The highest BCUT2D eigenvalue weighted by Gasteiger charge is 2.34. The predicted molar refractivity (Wildman–Crippen MR) is 100 cm³/mol. The van der Waals surface area contributed by atoms with Crippen molar-refractivity contribution in [3.05, 3.63) is 65.8 Å². The molecule has 2 atom stereocenters. The third-order valence-corrected chi connectivity index (χ3v) is 5.07. The molecule has 6 nitrogen and oxygen atoms in total. The highest BCUT2D eigenvalue weighted by atomic mass is 16.5. The van der Waals surface area contributed by atoms with Crippen molar-refractivity contribution in [2.45, 2.75) is 32.4 Å². The van der Waals surface area contributed by atoms with Gasteiger partial charge in [-0.1, -0.05) is 30.3 Å². The number of piperidine rings is 1. The minimum atomic E-state index is 0.0705. The van der Waals surface area contributed by atoms with Gasteiger partial charge in [-0.25, -0.2) is 0 Å². The van der Waals surface area contributed by atoms with Gasteiger partial charge in [0.25, 0.3) is 0 Å². The molecule has 0 N–H and O–H groups in total. The molecule has 0 spiro atoms. The van der Waals surface area contributed by atoms with Crippen LogP contribution in [0.4, 0.5) is 0 Å². The number of hydrogen-bond acceptors (Lipinski definition) is 6. The Morgan fingerprint density at radius 1 is 1.26 bits per heavy atom. The third kappa shape index (κ3) is 3.74. The number of aromatic nitrogens is 3. The van der Waals surface area contributed by atoms with Gasteiger partial charge in [0, 0.05) is 18.3 Å². The Morgan fingerprint density at radius 2 is 2.19 bits per heavy atom. The van der Waals surface area contributed by atoms with Crippen LogP contribution in [0.25, 0.3) is 11.4 Å². The molecule has 1 aliphatic heterocycles. The van der Waals surface area contributed by atoms with Gasteiger partial charge in [-0.05, 0) is 49.6 Å². The maximum Gasteiger partial charge on any atom is 0.244 e. The second-order valence-corrected chi connectivity index (χ2v) is 7.00. The molecule has 0 aliphatic carbocycles. The molecule has 3 aromatic rings. The summed E-state index contributed by atoms with van der Waals surface area (Å²) in [6.07, 6.45) is 4.10. The van der Waals surface area contributed by atoms with Crippen LogP contribution in [0.1, 0.15) is 43.0 Å². The lowest BCUT2D eigenvalue weighted by Gasteiger charge is -2.37. The number of nitrogens with zero attached hydrogens (tertiary/aromatic N) is 5. The summed E-state index contributed by atoms with van der Waals surface area (Å²) in [7, 11) is 0. The predicted octanol–water partition coefficient (Wildman–Crippen LogP) is 3.98. The Bertz CT molecular complexity index is 946. The van der Waals surface area contributed by atoms with Gasteiger partial charge in [0.2, 0.25) is 11.7 Å². The minimum Gasteiger partial charge on any atom is -0.337 e. The zero-order valence-corrected chi connectivity index (χ0v) is 15.2. The monoisotopic (exact) mass is 359 g/mol. The minimum absolute atomic E-state index is 0.0705. The van der Waals surface area contributed by atoms with Crippen LogP contribution in [0, 0.1) is 17.2 Å². The van der Waals surface area contributed by atoms with E-state index in [9.17, 15) is 0 Å². The lowest BCUT2D eigenvalue weighted by atomic mass is 9.90. The smallest absolute Gasteiger partial charge is 0.244 e. The van der Waals surface area contributed by atoms with E-state index >= 15 is 0 Å². The van der Waals surface area contributed by atoms with Crippen LogP contribution in [0.5, 0.6) is 0 Å². The third-order valence-electron chi connectivity index (χ3n) is 5.07. The van der Waals surface area contributed by atoms with Gasteiger partial charge in [0.05, 0.1) is 23.4 Å². The van der Waals surface area contributed by atoms with E-state index in [0.717, 1.165) is 37.2 Å². The van der Waals surface area contributed by atoms with Gasteiger partial charge in [0.1, 0.15) is 0 Å². The molecule has 6 heteroatoms. The first-order valence-electron chi connectivity index (χ1n) is 9.22. The molecule has 136 valence electrons. The van der Waals surface area contributed by atoms with E-state index < -0.39 is 0 Å². The number of likely N-dealkylation sites (tertiary alicyclic amines) is 1. The molecule has 0 radical (unpaired) electrons. The zero-order chi connectivity index (χ0) is 18.6. The molecule has 27 heavy (non-hydrogen) atoms. The number of pyridine rings is 1. The summed E-state index contributed by atoms with van der Waals surface area (Å²) < 4.78 is 5.66. The number of rotatable bonds is 4. The largest absolute Gasteiger partial charge is 0.337 e. The van der Waals surface area contributed by atoms with Crippen LogP contribution < -0.4 is 0 Å². The van der Waals surface area contributed by atoms with Gasteiger partial charge in [-0.3, -0.25) is 9.88 Å². The van der Waals surface area contributed by atoms with Gasteiger partial charge in [0.15, 0.2) is 0 Å². The average molecular weight is 359 g/mol. The van der Waals surface area contributed by atoms with Crippen LogP contribution in [-0.2, 0) is 6.54 Å². The van der Waals surface area contributed by atoms with Gasteiger partial charge in [-0.2, -0.15) is 10.2 Å². The van der Waals surface area contributed by atoms with Crippen LogP contribution in [-0.4, -0.2) is 26.6 Å². The Morgan fingerprint density at radius 3 is 3.00 bits per heavy atom. The Hall–Kier alpha value is -3.04. The van der Waals surface area contributed by atoms with E-state index in [0.29, 0.717) is 23.2 Å². The molecular weight excluding hydrogens is 338 g/mol. The molecule has 0 unspecified atom stereocenters. The van der Waals surface area contributed by atoms with Gasteiger partial charge >= 0.3 is 0 Å². The van der Waals surface area contributed by atoms with Crippen molar-refractivity contribution in [3.8, 4) is 17.5 Å². The normalized spacial score (nSPS) is 20.3. The van der Waals surface area contributed by atoms with Crippen molar-refractivity contribution in [3.63, 3.8) is 0 Å². The van der Waals surface area contributed by atoms with Crippen molar-refractivity contribution in [2.24, 2.45) is 5.92 Å². The summed E-state index contributed by atoms with van der Waals surface area (Å²) in [6, 6.07) is 15.5. The maximum atomic E-state index is 9.10. The van der Waals surface area contributed by atoms with Crippen LogP contribution in [0.3, 0.4) is 0 Å². The fourth-order valence-corrected chi connectivity index (χ4v) is 3.75. The second kappa shape index (κ2) is 7.68. The van der Waals surface area contributed by atoms with Crippen LogP contribution in [0.15, 0.2) is 53.2 Å². The topological polar surface area (TPSA) is 78.8 Å². The van der Waals surface area contributed by atoms with Crippen LogP contribution in [0.2, 0.25) is 0 Å². The van der Waals surface area contributed by atoms with E-state index in [1.165, 1.54) is 0 Å². The molecule has 0 saturated carbocycles. The molecule has 1 fully saturated rings. The molecule has 2 aromatic heterocycles. The van der Waals surface area contributed by atoms with E-state index in [4.69, 9.17) is 9.78 Å². The first kappa shape index (κ1) is 17.4. The first-order chi connectivity index (χ1) is 13.2. The highest BCUT2D eigenvalue weighted by molar-refractivity contribution is 5.57. The summed E-state index contributed by atoms with van der Waals surface area (Å²) in [5.41, 5.74) is 2.42. The SMILES string of the molecule is C[C@H]1CCCN(Cc2ccccn2)[C@H]1c1nc(-c2cccc(C#N)c2)no1. The van der Waals surface area contributed by atoms with E-state index in [1.54, 1.807) is 12.1 Å². The van der Waals surface area contributed by atoms with E-state index in [2.05, 4.69) is 33.0 Å². The fourth-order valence-electron chi connectivity index (χ4n) is 3.75. The summed E-state index contributed by atoms with van der Waals surface area (Å²) in [4.78, 5) is 11.5. The van der Waals surface area contributed by atoms with Gasteiger partial charge < -0.3 is 4.52 Å². The van der Waals surface area contributed by atoms with Crippen molar-refractivity contribution in [1.82, 2.24) is 20.0 Å². The molecular formula is C21H21N5O. The van der Waals surface area contributed by atoms with Crippen molar-refractivity contribution in [2.75, 3.05) is 6.54 Å². The van der Waals surface area contributed by atoms with E-state index in [-0.39, 0.29) is 6.04 Å². The zero-order valence-electron chi connectivity index (χ0n) is 15.2. The molecule has 1 saturated heterocycles. The number of hydrogen-bond donors (Lipinski definition) is 0. The van der Waals surface area contributed by atoms with E-state index in [1.807, 2.05) is 36.5 Å². The van der Waals surface area contributed by atoms with Crippen molar-refractivity contribution >= 4 is 0 Å². The van der Waals surface area contributed by atoms with Crippen molar-refractivity contribution < 1.29 is 4.52 Å². The summed E-state index contributed by atoms with van der Waals surface area (Å²) in [5.74, 6) is 1.58. The lowest BCUT2D eigenvalue weighted by molar-refractivity contribution is 0.0673. The molecule has 1 aliphatic rings. The molecule has 0 bridgehead atoms. The summed E-state index contributed by atoms with van der Waals surface area (Å²) in [5, 5.41) is 13.3. The standard InChI is InChI=1S/C21H21N5O/c1-15-6-5-11-26(14-18-9-2-3-10-23-18)19(15)21-24-20(25-27-21)17-8-4-7-16(12-17)13-22/h2-4,7-10,12,15,19H,5-6,11,14H2,1H3/t15-,19+/m0/s1. The summed E-state index contributed by atoms with van der Waals surface area (Å²) >= 11 is 0. The molecule has 4 rings (SSSR count). The Labute approximate surface area is 158 Å². The maximum absolute atomic E-state index is 9.10. The quantitative estimate of drug-likeness (QED) is 0.701. The highest BCUT2D eigenvalue weighted by Crippen LogP contribution is 2.36. The van der Waals surface area contributed by atoms with Crippen molar-refractivity contribution in [1.29, 1.82) is 5.26 Å².